The second-order valence-electron chi connectivity index (χ2n) is 6.85. The number of rotatable bonds is 5. The van der Waals surface area contributed by atoms with Crippen molar-refractivity contribution in [2.24, 2.45) is 0 Å². The number of nitrogens with one attached hydrogen (secondary N) is 1. The molecule has 1 saturated heterocycles. The number of anilines is 1. The van der Waals surface area contributed by atoms with Gasteiger partial charge in [-0.25, -0.2) is 8.42 Å². The minimum atomic E-state index is -3.57. The number of hydrogen-bond donors (Lipinski definition) is 1. The van der Waals surface area contributed by atoms with Gasteiger partial charge in [-0.2, -0.15) is 4.31 Å². The number of nitrogens with zero attached hydrogens (tertiary/aromatic N) is 1. The van der Waals surface area contributed by atoms with Gasteiger partial charge in [0.05, 0.1) is 4.90 Å². The molecule has 0 atom stereocenters. The Balaban J connectivity index is 1.78. The first-order chi connectivity index (χ1) is 13.0. The van der Waals surface area contributed by atoms with Crippen molar-refractivity contribution < 1.29 is 13.2 Å². The Morgan fingerprint density at radius 1 is 1.00 bits per heavy atom. The summed E-state index contributed by atoms with van der Waals surface area (Å²) in [6.07, 6.45) is 4.82. The summed E-state index contributed by atoms with van der Waals surface area (Å²) in [6, 6.07) is 13.9. The molecular formula is C21H26N2O3S. The molecule has 0 bridgehead atoms. The van der Waals surface area contributed by atoms with Crippen molar-refractivity contribution in [1.82, 2.24) is 4.31 Å². The minimum Gasteiger partial charge on any atom is -0.322 e. The summed E-state index contributed by atoms with van der Waals surface area (Å²) in [5, 5.41) is 2.83. The quantitative estimate of drug-likeness (QED) is 0.842. The molecular weight excluding hydrogens is 360 g/mol. The zero-order chi connectivity index (χ0) is 19.3. The van der Waals surface area contributed by atoms with E-state index < -0.39 is 10.0 Å². The highest BCUT2D eigenvalue weighted by Crippen LogP contribution is 2.21. The van der Waals surface area contributed by atoms with E-state index in [1.54, 1.807) is 22.5 Å². The second-order valence-corrected chi connectivity index (χ2v) is 8.79. The van der Waals surface area contributed by atoms with Gasteiger partial charge in [0.15, 0.2) is 0 Å². The maximum absolute atomic E-state index is 12.9. The molecule has 0 aromatic heterocycles. The molecule has 1 aliphatic heterocycles. The lowest BCUT2D eigenvalue weighted by atomic mass is 10.1. The van der Waals surface area contributed by atoms with Crippen molar-refractivity contribution in [3.05, 3.63) is 59.7 Å². The van der Waals surface area contributed by atoms with Crippen LogP contribution in [0.5, 0.6) is 0 Å². The van der Waals surface area contributed by atoms with Crippen LogP contribution in [0.1, 0.15) is 48.5 Å². The van der Waals surface area contributed by atoms with Crippen molar-refractivity contribution in [3.63, 3.8) is 0 Å². The Labute approximate surface area is 161 Å². The topological polar surface area (TPSA) is 66.5 Å². The van der Waals surface area contributed by atoms with Crippen LogP contribution in [0.3, 0.4) is 0 Å². The number of carbonyl (C=O) groups excluding carboxylic acids is 1. The van der Waals surface area contributed by atoms with Crippen LogP contribution in [0.2, 0.25) is 0 Å². The third-order valence-electron chi connectivity index (χ3n) is 4.92. The fraction of sp³-hybridized carbons (Fsp3) is 0.381. The summed E-state index contributed by atoms with van der Waals surface area (Å²) in [6.45, 7) is 3.16. The van der Waals surface area contributed by atoms with E-state index in [0.717, 1.165) is 32.1 Å². The van der Waals surface area contributed by atoms with Crippen LogP contribution in [-0.2, 0) is 16.4 Å². The van der Waals surface area contributed by atoms with Gasteiger partial charge in [0.25, 0.3) is 5.91 Å². The molecule has 2 aromatic carbocycles. The minimum absolute atomic E-state index is 0.179. The van der Waals surface area contributed by atoms with Crippen molar-refractivity contribution in [2.75, 3.05) is 18.4 Å². The maximum Gasteiger partial charge on any atom is 0.255 e. The summed E-state index contributed by atoms with van der Waals surface area (Å²) >= 11 is 0. The Morgan fingerprint density at radius 2 is 1.67 bits per heavy atom. The molecule has 0 unspecified atom stereocenters. The number of carbonyl (C=O) groups is 1. The maximum atomic E-state index is 12.9. The van der Waals surface area contributed by atoms with Gasteiger partial charge >= 0.3 is 0 Å². The van der Waals surface area contributed by atoms with Crippen molar-refractivity contribution >= 4 is 21.6 Å². The van der Waals surface area contributed by atoms with Crippen LogP contribution in [0.25, 0.3) is 0 Å². The first-order valence-corrected chi connectivity index (χ1v) is 11.0. The smallest absolute Gasteiger partial charge is 0.255 e. The van der Waals surface area contributed by atoms with E-state index in [1.165, 1.54) is 11.6 Å². The highest BCUT2D eigenvalue weighted by atomic mass is 32.2. The van der Waals surface area contributed by atoms with Crippen molar-refractivity contribution in [1.29, 1.82) is 0 Å². The third kappa shape index (κ3) is 4.76. The number of benzene rings is 2. The SMILES string of the molecule is CCc1ccc(NC(=O)c2cccc(S(=O)(=O)N3CCCCCC3)c2)cc1. The van der Waals surface area contributed by atoms with Crippen LogP contribution in [0.15, 0.2) is 53.4 Å². The molecule has 0 saturated carbocycles. The summed E-state index contributed by atoms with van der Waals surface area (Å²) in [5.74, 6) is -0.313. The number of sulfonamides is 1. The predicted molar refractivity (Wildman–Crippen MR) is 107 cm³/mol. The van der Waals surface area contributed by atoms with Gasteiger partial charge in [-0.3, -0.25) is 4.79 Å². The fourth-order valence-electron chi connectivity index (χ4n) is 3.26. The molecule has 3 rings (SSSR count). The molecule has 1 fully saturated rings. The molecule has 144 valence electrons. The molecule has 0 radical (unpaired) electrons. The standard InChI is InChI=1S/C21H26N2O3S/c1-2-17-10-12-19(13-11-17)22-21(24)18-8-7-9-20(16-18)27(25,26)23-14-5-3-4-6-15-23/h7-13,16H,2-6,14-15H2,1H3,(H,22,24). The first kappa shape index (κ1) is 19.6. The second kappa shape index (κ2) is 8.67. The Bertz CT molecular complexity index is 884. The van der Waals surface area contributed by atoms with E-state index in [-0.39, 0.29) is 10.8 Å². The highest BCUT2D eigenvalue weighted by molar-refractivity contribution is 7.89. The van der Waals surface area contributed by atoms with Crippen molar-refractivity contribution in [2.45, 2.75) is 43.9 Å². The lowest BCUT2D eigenvalue weighted by Gasteiger charge is -2.20. The summed E-state index contributed by atoms with van der Waals surface area (Å²) in [5.41, 5.74) is 2.22. The third-order valence-corrected chi connectivity index (χ3v) is 6.81. The van der Waals surface area contributed by atoms with Gasteiger partial charge in [0, 0.05) is 24.3 Å². The molecule has 1 amide bonds. The van der Waals surface area contributed by atoms with Crippen molar-refractivity contribution in [3.8, 4) is 0 Å². The molecule has 5 nitrogen and oxygen atoms in total. The van der Waals surface area contributed by atoms with E-state index in [9.17, 15) is 13.2 Å². The summed E-state index contributed by atoms with van der Waals surface area (Å²) in [4.78, 5) is 12.7. The summed E-state index contributed by atoms with van der Waals surface area (Å²) < 4.78 is 27.4. The van der Waals surface area contributed by atoms with Gasteiger partial charge in [-0.05, 0) is 55.2 Å². The van der Waals surface area contributed by atoms with E-state index in [0.29, 0.717) is 24.3 Å². The summed E-state index contributed by atoms with van der Waals surface area (Å²) in [7, 11) is -3.57. The van der Waals surface area contributed by atoms with Crippen LogP contribution >= 0.6 is 0 Å². The number of amides is 1. The molecule has 27 heavy (non-hydrogen) atoms. The molecule has 1 heterocycles. The van der Waals surface area contributed by atoms with Crippen LogP contribution in [0, 0.1) is 0 Å². The van der Waals surface area contributed by atoms with Crippen LogP contribution in [-0.4, -0.2) is 31.7 Å². The Kier molecular flexibility index (Phi) is 6.29. The zero-order valence-corrected chi connectivity index (χ0v) is 16.5. The Hall–Kier alpha value is -2.18. The average molecular weight is 387 g/mol. The van der Waals surface area contributed by atoms with Crippen LogP contribution in [0.4, 0.5) is 5.69 Å². The monoisotopic (exact) mass is 386 g/mol. The molecule has 2 aromatic rings. The van der Waals surface area contributed by atoms with E-state index >= 15 is 0 Å². The van der Waals surface area contributed by atoms with Gasteiger partial charge in [0.2, 0.25) is 10.0 Å². The van der Waals surface area contributed by atoms with Gasteiger partial charge < -0.3 is 5.32 Å². The predicted octanol–water partition coefficient (Wildman–Crippen LogP) is 4.07. The van der Waals surface area contributed by atoms with Gasteiger partial charge in [-0.1, -0.05) is 38.0 Å². The van der Waals surface area contributed by atoms with Crippen LogP contribution < -0.4 is 5.32 Å². The molecule has 0 aliphatic carbocycles. The van der Waals surface area contributed by atoms with E-state index in [1.807, 2.05) is 24.3 Å². The Morgan fingerprint density at radius 3 is 2.30 bits per heavy atom. The van der Waals surface area contributed by atoms with E-state index in [4.69, 9.17) is 0 Å². The zero-order valence-electron chi connectivity index (χ0n) is 15.6. The van der Waals surface area contributed by atoms with E-state index in [2.05, 4.69) is 12.2 Å². The highest BCUT2D eigenvalue weighted by Gasteiger charge is 2.25. The number of hydrogen-bond acceptors (Lipinski definition) is 3. The molecule has 6 heteroatoms. The average Bonchev–Trinajstić information content (AvgIpc) is 2.99. The van der Waals surface area contributed by atoms with Gasteiger partial charge in [0.1, 0.15) is 0 Å². The number of aryl methyl sites for hydroxylation is 1. The fourth-order valence-corrected chi connectivity index (χ4v) is 4.82. The lowest BCUT2D eigenvalue weighted by molar-refractivity contribution is 0.102. The molecule has 0 spiro atoms. The molecule has 1 aliphatic rings. The largest absolute Gasteiger partial charge is 0.322 e. The lowest BCUT2D eigenvalue weighted by Crippen LogP contribution is -2.32. The molecule has 1 N–H and O–H groups in total. The normalized spacial score (nSPS) is 15.9. The first-order valence-electron chi connectivity index (χ1n) is 9.51. The van der Waals surface area contributed by atoms with Gasteiger partial charge in [-0.15, -0.1) is 0 Å².